The van der Waals surface area contributed by atoms with Gasteiger partial charge in [0.2, 0.25) is 0 Å². The Morgan fingerprint density at radius 3 is 2.52 bits per heavy atom. The van der Waals surface area contributed by atoms with Crippen molar-refractivity contribution in [2.45, 2.75) is 45.3 Å². The first-order chi connectivity index (χ1) is 8.94. The van der Waals surface area contributed by atoms with Crippen LogP contribution in [0.2, 0.25) is 0 Å². The zero-order valence-electron chi connectivity index (χ0n) is 13.2. The number of hydrogen-bond donors (Lipinski definition) is 2. The smallest absolute Gasteiger partial charge is 0.407 e. The number of hydrogen-bond acceptors (Lipinski definition) is 4. The molecule has 21 heavy (non-hydrogen) atoms. The summed E-state index contributed by atoms with van der Waals surface area (Å²) in [6, 6.07) is 0.700. The number of amides is 1. The maximum atomic E-state index is 11.5. The van der Waals surface area contributed by atoms with Crippen molar-refractivity contribution in [3.63, 3.8) is 0 Å². The molecule has 2 aliphatic rings. The first-order valence-electron chi connectivity index (χ1n) is 7.35. The number of nitrogens with zero attached hydrogens (tertiary/aromatic N) is 1. The van der Waals surface area contributed by atoms with Crippen LogP contribution in [0.1, 0.15) is 33.6 Å². The van der Waals surface area contributed by atoms with Gasteiger partial charge in [0.1, 0.15) is 5.60 Å². The van der Waals surface area contributed by atoms with E-state index in [2.05, 4.69) is 15.5 Å². The molecule has 0 aromatic carbocycles. The molecule has 0 aliphatic carbocycles. The van der Waals surface area contributed by atoms with Gasteiger partial charge < -0.3 is 15.4 Å². The molecule has 2 saturated heterocycles. The van der Waals surface area contributed by atoms with Gasteiger partial charge in [0.05, 0.1) is 0 Å². The van der Waals surface area contributed by atoms with Crippen molar-refractivity contribution in [1.82, 2.24) is 15.5 Å². The minimum Gasteiger partial charge on any atom is -0.444 e. The Kier molecular flexibility index (Phi) is 8.93. The van der Waals surface area contributed by atoms with E-state index in [0.717, 1.165) is 32.7 Å². The van der Waals surface area contributed by atoms with Crippen molar-refractivity contribution in [3.05, 3.63) is 0 Å². The highest BCUT2D eigenvalue weighted by Gasteiger charge is 2.33. The van der Waals surface area contributed by atoms with E-state index in [9.17, 15) is 4.79 Å². The van der Waals surface area contributed by atoms with E-state index >= 15 is 0 Å². The molecule has 2 fully saturated rings. The van der Waals surface area contributed by atoms with Crippen LogP contribution >= 0.6 is 24.8 Å². The number of carbonyl (C=O) groups excluding carboxylic acids is 1. The lowest BCUT2D eigenvalue weighted by molar-refractivity contribution is 0.0309. The summed E-state index contributed by atoms with van der Waals surface area (Å²) in [5.41, 5.74) is -0.413. The molecule has 2 N–H and O–H groups in total. The average molecular weight is 342 g/mol. The highest BCUT2D eigenvalue weighted by molar-refractivity contribution is 5.85. The van der Waals surface area contributed by atoms with Crippen LogP contribution < -0.4 is 10.6 Å². The lowest BCUT2D eigenvalue weighted by Gasteiger charge is -2.45. The Hall–Kier alpha value is -0.230. The molecule has 2 aliphatic heterocycles. The Morgan fingerprint density at radius 2 is 2.00 bits per heavy atom. The molecular weight excluding hydrogens is 313 g/mol. The predicted molar refractivity (Wildman–Crippen MR) is 89.7 cm³/mol. The van der Waals surface area contributed by atoms with Crippen molar-refractivity contribution in [3.8, 4) is 0 Å². The van der Waals surface area contributed by atoms with E-state index in [0.29, 0.717) is 12.0 Å². The third-order valence-corrected chi connectivity index (χ3v) is 3.71. The number of alkyl carbamates (subject to hydrolysis) is 1. The zero-order chi connectivity index (χ0) is 13.9. The summed E-state index contributed by atoms with van der Waals surface area (Å²) in [7, 11) is 0. The van der Waals surface area contributed by atoms with Crippen LogP contribution in [0.15, 0.2) is 0 Å². The molecule has 1 atom stereocenters. The monoisotopic (exact) mass is 341 g/mol. The number of rotatable bonds is 3. The summed E-state index contributed by atoms with van der Waals surface area (Å²) in [5.74, 6) is 0.578. The molecule has 0 aromatic rings. The topological polar surface area (TPSA) is 53.6 Å². The van der Waals surface area contributed by atoms with E-state index in [1.54, 1.807) is 0 Å². The highest BCUT2D eigenvalue weighted by Crippen LogP contribution is 2.21. The molecule has 1 amide bonds. The molecule has 0 radical (unpaired) electrons. The number of ether oxygens (including phenoxy) is 1. The average Bonchev–Trinajstić information content (AvgIpc) is 2.26. The van der Waals surface area contributed by atoms with Gasteiger partial charge in [0.15, 0.2) is 0 Å². The molecule has 1 unspecified atom stereocenters. The highest BCUT2D eigenvalue weighted by atomic mass is 35.5. The van der Waals surface area contributed by atoms with Crippen molar-refractivity contribution < 1.29 is 9.53 Å². The minimum absolute atomic E-state index is 0. The summed E-state index contributed by atoms with van der Waals surface area (Å²) in [4.78, 5) is 14.1. The maximum Gasteiger partial charge on any atom is 0.407 e. The Bertz CT molecular complexity index is 312. The van der Waals surface area contributed by atoms with Gasteiger partial charge in [-0.3, -0.25) is 4.90 Å². The van der Waals surface area contributed by atoms with E-state index in [-0.39, 0.29) is 30.9 Å². The Morgan fingerprint density at radius 1 is 1.33 bits per heavy atom. The largest absolute Gasteiger partial charge is 0.444 e. The second kappa shape index (κ2) is 9.03. The summed E-state index contributed by atoms with van der Waals surface area (Å²) < 4.78 is 5.23. The molecule has 0 bridgehead atoms. The van der Waals surface area contributed by atoms with Gasteiger partial charge in [-0.1, -0.05) is 0 Å². The second-order valence-corrected chi connectivity index (χ2v) is 6.70. The number of nitrogens with one attached hydrogen (secondary N) is 2. The van der Waals surface area contributed by atoms with Gasteiger partial charge >= 0.3 is 6.09 Å². The molecule has 0 aromatic heterocycles. The summed E-state index contributed by atoms with van der Waals surface area (Å²) >= 11 is 0. The fraction of sp³-hybridized carbons (Fsp3) is 0.929. The summed E-state index contributed by atoms with van der Waals surface area (Å²) in [6.07, 6.45) is 2.28. The van der Waals surface area contributed by atoms with Crippen molar-refractivity contribution in [2.24, 2.45) is 5.92 Å². The Balaban J connectivity index is 0.00000200. The lowest BCUT2D eigenvalue weighted by Crippen LogP contribution is -2.58. The van der Waals surface area contributed by atoms with Gasteiger partial charge in [0, 0.05) is 38.1 Å². The number of likely N-dealkylation sites (tertiary alicyclic amines) is 1. The quantitative estimate of drug-likeness (QED) is 0.824. The van der Waals surface area contributed by atoms with Crippen LogP contribution in [-0.4, -0.2) is 55.4 Å². The fourth-order valence-electron chi connectivity index (χ4n) is 2.72. The number of carbonyl (C=O) groups is 1. The first-order valence-corrected chi connectivity index (χ1v) is 7.35. The van der Waals surface area contributed by atoms with Crippen LogP contribution in [0.4, 0.5) is 4.79 Å². The SMILES string of the molecule is CC(C)(C)OC(=O)NCC1CN(C2CCCNC2)C1.Cl.Cl. The minimum atomic E-state index is -0.413. The van der Waals surface area contributed by atoms with Crippen LogP contribution in [0.25, 0.3) is 0 Å². The second-order valence-electron chi connectivity index (χ2n) is 6.70. The molecule has 126 valence electrons. The van der Waals surface area contributed by atoms with E-state index in [4.69, 9.17) is 4.74 Å². The van der Waals surface area contributed by atoms with Crippen LogP contribution in [0.3, 0.4) is 0 Å². The summed E-state index contributed by atoms with van der Waals surface area (Å²) in [5, 5.41) is 6.30. The van der Waals surface area contributed by atoms with Crippen LogP contribution in [0, 0.1) is 5.92 Å². The Labute approximate surface area is 140 Å². The van der Waals surface area contributed by atoms with Crippen molar-refractivity contribution in [1.29, 1.82) is 0 Å². The van der Waals surface area contributed by atoms with Gasteiger partial charge in [-0.25, -0.2) is 4.79 Å². The standard InChI is InChI=1S/C14H27N3O2.2ClH/c1-14(2,3)19-13(18)16-7-11-9-17(10-11)12-5-4-6-15-8-12;;/h11-12,15H,4-10H2,1-3H3,(H,16,18);2*1H. The molecule has 5 nitrogen and oxygen atoms in total. The fourth-order valence-corrected chi connectivity index (χ4v) is 2.72. The van der Waals surface area contributed by atoms with Crippen molar-refractivity contribution in [2.75, 3.05) is 32.7 Å². The van der Waals surface area contributed by atoms with Crippen molar-refractivity contribution >= 4 is 30.9 Å². The van der Waals surface area contributed by atoms with Gasteiger partial charge in [-0.2, -0.15) is 0 Å². The van der Waals surface area contributed by atoms with E-state index in [1.165, 1.54) is 12.8 Å². The molecule has 0 spiro atoms. The molecule has 2 rings (SSSR count). The van der Waals surface area contributed by atoms with Gasteiger partial charge in [-0.15, -0.1) is 24.8 Å². The normalized spacial score (nSPS) is 23.3. The van der Waals surface area contributed by atoms with Crippen LogP contribution in [-0.2, 0) is 4.74 Å². The zero-order valence-corrected chi connectivity index (χ0v) is 14.8. The molecule has 7 heteroatoms. The third-order valence-electron chi connectivity index (χ3n) is 3.71. The predicted octanol–water partition coefficient (Wildman–Crippen LogP) is 2.04. The van der Waals surface area contributed by atoms with Gasteiger partial charge in [0.25, 0.3) is 0 Å². The number of piperidine rings is 1. The maximum absolute atomic E-state index is 11.5. The van der Waals surface area contributed by atoms with E-state index in [1.807, 2.05) is 20.8 Å². The number of halogens is 2. The van der Waals surface area contributed by atoms with E-state index < -0.39 is 5.60 Å². The molecule has 2 heterocycles. The lowest BCUT2D eigenvalue weighted by atomic mass is 9.94. The van der Waals surface area contributed by atoms with Gasteiger partial charge in [-0.05, 0) is 40.2 Å². The first kappa shape index (κ1) is 20.8. The molecule has 0 saturated carbocycles. The van der Waals surface area contributed by atoms with Crippen LogP contribution in [0.5, 0.6) is 0 Å². The third kappa shape index (κ3) is 7.04. The summed E-state index contributed by atoms with van der Waals surface area (Å²) in [6.45, 7) is 10.9. The molecular formula is C14H29Cl2N3O2.